The van der Waals surface area contributed by atoms with Gasteiger partial charge in [-0.25, -0.2) is 0 Å². The normalized spacial score (nSPS) is 12.2. The van der Waals surface area contributed by atoms with E-state index in [1.165, 1.54) is 0 Å². The predicted molar refractivity (Wildman–Crippen MR) is 29.3 cm³/mol. The van der Waals surface area contributed by atoms with Crippen LogP contribution in [0.2, 0.25) is 0 Å². The van der Waals surface area contributed by atoms with E-state index in [0.717, 1.165) is 0 Å². The Bertz CT molecular complexity index is 140. The monoisotopic (exact) mass is 248 g/mol. The molecule has 13 heavy (non-hydrogen) atoms. The van der Waals surface area contributed by atoms with E-state index in [4.69, 9.17) is 10.2 Å². The first-order valence-corrected chi connectivity index (χ1v) is 2.24. The van der Waals surface area contributed by atoms with Gasteiger partial charge in [0.25, 0.3) is 0 Å². The number of rotatable bonds is 3. The standard InChI is InChI=1S/C4H6O6.2H2O.Zn/c5-1(3(7)8)2(6)4(9)10;;;/h1-2,5-6H,(H,7,8)(H,9,10);2*1H2;/q;;;+2/p-2/t1-,2-;;;/m1.../s1. The molecule has 0 radical (unpaired) electrons. The van der Waals surface area contributed by atoms with Crippen LogP contribution >= 0.6 is 0 Å². The number of aliphatic hydroxyl groups is 2. The van der Waals surface area contributed by atoms with Crippen molar-refractivity contribution in [2.75, 3.05) is 0 Å². The molecule has 0 amide bonds. The Balaban J connectivity index is -0.000000135. The van der Waals surface area contributed by atoms with Crippen LogP contribution in [0, 0.1) is 0 Å². The zero-order valence-corrected chi connectivity index (χ0v) is 9.36. The first kappa shape index (κ1) is 22.8. The van der Waals surface area contributed by atoms with Crippen LogP contribution in [0.5, 0.6) is 0 Å². The molecular weight excluding hydrogens is 241 g/mol. The summed E-state index contributed by atoms with van der Waals surface area (Å²) < 4.78 is 0. The minimum atomic E-state index is -2.44. The molecule has 74 valence electrons. The van der Waals surface area contributed by atoms with Crippen molar-refractivity contribution in [3.63, 3.8) is 0 Å². The van der Waals surface area contributed by atoms with Crippen LogP contribution in [0.3, 0.4) is 0 Å². The Hall–Kier alpha value is -0.597. The Morgan fingerprint density at radius 1 is 0.923 bits per heavy atom. The first-order chi connectivity index (χ1) is 4.46. The second kappa shape index (κ2) is 9.49. The van der Waals surface area contributed by atoms with Crippen LogP contribution < -0.4 is 10.2 Å². The first-order valence-electron chi connectivity index (χ1n) is 2.24. The van der Waals surface area contributed by atoms with Crippen LogP contribution in [-0.2, 0) is 29.1 Å². The molecule has 0 aliphatic heterocycles. The van der Waals surface area contributed by atoms with E-state index in [0.29, 0.717) is 0 Å². The number of carbonyl (C=O) groups is 2. The minimum Gasteiger partial charge on any atom is -0.547 e. The maximum atomic E-state index is 9.63. The summed E-state index contributed by atoms with van der Waals surface area (Å²) in [6, 6.07) is 0. The molecule has 8 nitrogen and oxygen atoms in total. The van der Waals surface area contributed by atoms with Gasteiger partial charge >= 0.3 is 19.5 Å². The molecule has 0 aliphatic rings. The van der Waals surface area contributed by atoms with Crippen LogP contribution in [0.15, 0.2) is 0 Å². The zero-order chi connectivity index (χ0) is 8.31. The molecule has 0 heterocycles. The second-order valence-corrected chi connectivity index (χ2v) is 1.53. The molecule has 2 atom stereocenters. The third kappa shape index (κ3) is 7.75. The van der Waals surface area contributed by atoms with Crippen molar-refractivity contribution in [1.82, 2.24) is 0 Å². The van der Waals surface area contributed by atoms with Crippen molar-refractivity contribution >= 4 is 11.9 Å². The van der Waals surface area contributed by atoms with Crippen LogP contribution in [0.4, 0.5) is 0 Å². The summed E-state index contributed by atoms with van der Waals surface area (Å²) >= 11 is 0. The maximum Gasteiger partial charge on any atom is 2.00 e. The van der Waals surface area contributed by atoms with Gasteiger partial charge in [-0.2, -0.15) is 0 Å². The molecule has 0 rings (SSSR count). The summed E-state index contributed by atoms with van der Waals surface area (Å²) in [5.41, 5.74) is 0. The van der Waals surface area contributed by atoms with Gasteiger partial charge in [-0.1, -0.05) is 0 Å². The Kier molecular flexibility index (Phi) is 16.7. The van der Waals surface area contributed by atoms with E-state index in [1.807, 2.05) is 0 Å². The average molecular weight is 249 g/mol. The van der Waals surface area contributed by atoms with Crippen molar-refractivity contribution in [1.29, 1.82) is 0 Å². The van der Waals surface area contributed by atoms with Gasteiger partial charge in [-0.05, 0) is 0 Å². The van der Waals surface area contributed by atoms with Gasteiger partial charge in [0.1, 0.15) is 12.2 Å². The Morgan fingerprint density at radius 3 is 1.15 bits per heavy atom. The van der Waals surface area contributed by atoms with E-state index in [1.54, 1.807) is 0 Å². The fourth-order valence-corrected chi connectivity index (χ4v) is 0.258. The molecule has 0 aromatic carbocycles. The molecule has 9 heteroatoms. The number of aliphatic carboxylic acids is 2. The summed E-state index contributed by atoms with van der Waals surface area (Å²) in [6.45, 7) is 0. The van der Waals surface area contributed by atoms with Crippen LogP contribution in [0.25, 0.3) is 0 Å². The van der Waals surface area contributed by atoms with Crippen molar-refractivity contribution in [2.24, 2.45) is 0 Å². The molecule has 0 aliphatic carbocycles. The molecular formula is C4H8O8Zn. The third-order valence-corrected chi connectivity index (χ3v) is 0.782. The number of hydrogen-bond donors (Lipinski definition) is 2. The van der Waals surface area contributed by atoms with Crippen LogP contribution in [-0.4, -0.2) is 45.3 Å². The maximum absolute atomic E-state index is 9.63. The van der Waals surface area contributed by atoms with E-state index in [-0.39, 0.29) is 30.4 Å². The van der Waals surface area contributed by atoms with Gasteiger partial charge in [0, 0.05) is 0 Å². The zero-order valence-electron chi connectivity index (χ0n) is 6.39. The molecule has 0 aromatic heterocycles. The van der Waals surface area contributed by atoms with Gasteiger partial charge in [0.05, 0.1) is 11.9 Å². The van der Waals surface area contributed by atoms with Gasteiger partial charge in [-0.3, -0.25) is 0 Å². The number of carboxylic acids is 2. The van der Waals surface area contributed by atoms with Crippen molar-refractivity contribution in [3.8, 4) is 0 Å². The van der Waals surface area contributed by atoms with E-state index >= 15 is 0 Å². The fourth-order valence-electron chi connectivity index (χ4n) is 0.258. The van der Waals surface area contributed by atoms with Crippen molar-refractivity contribution < 1.29 is 60.4 Å². The van der Waals surface area contributed by atoms with Crippen LogP contribution in [0.1, 0.15) is 0 Å². The SMILES string of the molecule is O.O.O=C([O-])[C@H](O)[C@@H](O)C(=O)[O-].[Zn+2]. The van der Waals surface area contributed by atoms with Gasteiger partial charge in [-0.15, -0.1) is 0 Å². The summed E-state index contributed by atoms with van der Waals surface area (Å²) in [5, 5.41) is 35.7. The van der Waals surface area contributed by atoms with Gasteiger partial charge < -0.3 is 41.0 Å². The molecule has 0 unspecified atom stereocenters. The number of aliphatic hydroxyl groups excluding tert-OH is 2. The fraction of sp³-hybridized carbons (Fsp3) is 0.500. The molecule has 0 aromatic rings. The summed E-state index contributed by atoms with van der Waals surface area (Å²) in [7, 11) is 0. The Morgan fingerprint density at radius 2 is 1.08 bits per heavy atom. The smallest absolute Gasteiger partial charge is 0.547 e. The van der Waals surface area contributed by atoms with Crippen molar-refractivity contribution in [2.45, 2.75) is 12.2 Å². The molecule has 0 fully saturated rings. The number of hydrogen-bond acceptors (Lipinski definition) is 6. The molecule has 0 spiro atoms. The summed E-state index contributed by atoms with van der Waals surface area (Å²) in [6.07, 6.45) is -4.88. The van der Waals surface area contributed by atoms with Gasteiger partial charge in [0.2, 0.25) is 0 Å². The van der Waals surface area contributed by atoms with Gasteiger partial charge in [0.15, 0.2) is 0 Å². The average Bonchev–Trinajstić information content (AvgIpc) is 1.84. The third-order valence-electron chi connectivity index (χ3n) is 0.782. The predicted octanol–water partition coefficient (Wildman–Crippen LogP) is -6.44. The topological polar surface area (TPSA) is 184 Å². The number of carbonyl (C=O) groups excluding carboxylic acids is 2. The van der Waals surface area contributed by atoms with E-state index in [9.17, 15) is 19.8 Å². The van der Waals surface area contributed by atoms with Crippen molar-refractivity contribution in [3.05, 3.63) is 0 Å². The summed E-state index contributed by atoms with van der Waals surface area (Å²) in [5.74, 6) is -4.12. The molecule has 0 bridgehead atoms. The number of carboxylic acid groups (broad SMARTS) is 2. The second-order valence-electron chi connectivity index (χ2n) is 1.53. The summed E-state index contributed by atoms with van der Waals surface area (Å²) in [4.78, 5) is 19.3. The minimum absolute atomic E-state index is 0. The Labute approximate surface area is 85.2 Å². The molecule has 6 N–H and O–H groups in total. The van der Waals surface area contributed by atoms with E-state index in [2.05, 4.69) is 0 Å². The molecule has 0 saturated heterocycles. The quantitative estimate of drug-likeness (QED) is 0.468. The molecule has 0 saturated carbocycles. The van der Waals surface area contributed by atoms with E-state index < -0.39 is 24.1 Å². The largest absolute Gasteiger partial charge is 2.00 e.